The molecule has 1 saturated carbocycles. The quantitative estimate of drug-likeness (QED) is 0.716. The first-order chi connectivity index (χ1) is 5.83. The molecular formula is C10H21NS. The Morgan fingerprint density at radius 3 is 2.67 bits per heavy atom. The highest BCUT2D eigenvalue weighted by molar-refractivity contribution is 7.99. The molecule has 0 aromatic rings. The molecule has 0 spiro atoms. The standard InChI is InChI=1S/C10H21NS/c1-2-5-9(11)8-12-10-6-3-4-7-10/h9-10H,2-8,11H2,1H3/t9-/m0/s1. The number of nitrogens with two attached hydrogens (primary N) is 1. The summed E-state index contributed by atoms with van der Waals surface area (Å²) in [5.74, 6) is 1.18. The molecule has 1 aliphatic rings. The highest BCUT2D eigenvalue weighted by Gasteiger charge is 2.15. The summed E-state index contributed by atoms with van der Waals surface area (Å²) < 4.78 is 0. The molecule has 1 rings (SSSR count). The highest BCUT2D eigenvalue weighted by atomic mass is 32.2. The molecule has 72 valence electrons. The van der Waals surface area contributed by atoms with Gasteiger partial charge in [0.25, 0.3) is 0 Å². The van der Waals surface area contributed by atoms with Gasteiger partial charge in [-0.3, -0.25) is 0 Å². The number of hydrogen-bond donors (Lipinski definition) is 1. The van der Waals surface area contributed by atoms with Crippen molar-refractivity contribution in [1.29, 1.82) is 0 Å². The Bertz CT molecular complexity index is 110. The summed E-state index contributed by atoms with van der Waals surface area (Å²) in [6, 6.07) is 0.445. The SMILES string of the molecule is CCC[C@H](N)CSC1CCCC1. The Hall–Kier alpha value is 0.310. The fourth-order valence-electron chi connectivity index (χ4n) is 1.77. The van der Waals surface area contributed by atoms with Crippen LogP contribution in [0.4, 0.5) is 0 Å². The second kappa shape index (κ2) is 5.87. The van der Waals surface area contributed by atoms with E-state index in [-0.39, 0.29) is 0 Å². The number of hydrogen-bond acceptors (Lipinski definition) is 2. The molecule has 0 heterocycles. The van der Waals surface area contributed by atoms with Crippen LogP contribution in [0.2, 0.25) is 0 Å². The van der Waals surface area contributed by atoms with E-state index < -0.39 is 0 Å². The molecule has 0 radical (unpaired) electrons. The smallest absolute Gasteiger partial charge is 0.0130 e. The van der Waals surface area contributed by atoms with Crippen LogP contribution in [0.25, 0.3) is 0 Å². The van der Waals surface area contributed by atoms with Crippen LogP contribution >= 0.6 is 11.8 Å². The molecule has 0 bridgehead atoms. The molecular weight excluding hydrogens is 166 g/mol. The van der Waals surface area contributed by atoms with Crippen molar-refractivity contribution in [2.45, 2.75) is 56.7 Å². The predicted molar refractivity (Wildman–Crippen MR) is 57.6 cm³/mol. The highest BCUT2D eigenvalue weighted by Crippen LogP contribution is 2.29. The second-order valence-corrected chi connectivity index (χ2v) is 5.12. The monoisotopic (exact) mass is 187 g/mol. The van der Waals surface area contributed by atoms with E-state index in [1.54, 1.807) is 0 Å². The Balaban J connectivity index is 1.99. The molecule has 0 saturated heterocycles. The van der Waals surface area contributed by atoms with Gasteiger partial charge in [0, 0.05) is 17.0 Å². The summed E-state index contributed by atoms with van der Waals surface area (Å²) in [5, 5.41) is 0.938. The van der Waals surface area contributed by atoms with Crippen LogP contribution in [-0.2, 0) is 0 Å². The predicted octanol–water partition coefficient (Wildman–Crippen LogP) is 2.79. The molecule has 1 fully saturated rings. The van der Waals surface area contributed by atoms with Gasteiger partial charge in [0.05, 0.1) is 0 Å². The first-order valence-corrected chi connectivity index (χ1v) is 6.25. The van der Waals surface area contributed by atoms with Crippen LogP contribution in [0.3, 0.4) is 0 Å². The van der Waals surface area contributed by atoms with Crippen molar-refractivity contribution in [3.05, 3.63) is 0 Å². The fourth-order valence-corrected chi connectivity index (χ4v) is 3.12. The zero-order valence-electron chi connectivity index (χ0n) is 8.09. The van der Waals surface area contributed by atoms with Crippen molar-refractivity contribution >= 4 is 11.8 Å². The largest absolute Gasteiger partial charge is 0.327 e. The third-order valence-corrected chi connectivity index (χ3v) is 4.07. The Labute approximate surface area is 80.5 Å². The van der Waals surface area contributed by atoms with Gasteiger partial charge >= 0.3 is 0 Å². The van der Waals surface area contributed by atoms with Crippen LogP contribution in [0.15, 0.2) is 0 Å². The van der Waals surface area contributed by atoms with Crippen molar-refractivity contribution < 1.29 is 0 Å². The van der Waals surface area contributed by atoms with Gasteiger partial charge in [-0.05, 0) is 19.3 Å². The fraction of sp³-hybridized carbons (Fsp3) is 1.00. The average Bonchev–Trinajstić information content (AvgIpc) is 2.53. The van der Waals surface area contributed by atoms with E-state index in [4.69, 9.17) is 5.73 Å². The number of thioether (sulfide) groups is 1. The summed E-state index contributed by atoms with van der Waals surface area (Å²) in [7, 11) is 0. The maximum atomic E-state index is 5.94. The van der Waals surface area contributed by atoms with Crippen LogP contribution < -0.4 is 5.73 Å². The molecule has 0 aromatic carbocycles. The molecule has 12 heavy (non-hydrogen) atoms. The van der Waals surface area contributed by atoms with Crippen molar-refractivity contribution in [3.63, 3.8) is 0 Å². The lowest BCUT2D eigenvalue weighted by Gasteiger charge is -2.13. The van der Waals surface area contributed by atoms with E-state index in [1.807, 2.05) is 0 Å². The van der Waals surface area contributed by atoms with Gasteiger partial charge in [0.15, 0.2) is 0 Å². The first kappa shape index (κ1) is 10.4. The number of rotatable bonds is 5. The van der Waals surface area contributed by atoms with Gasteiger partial charge in [-0.1, -0.05) is 26.2 Å². The van der Waals surface area contributed by atoms with Gasteiger partial charge in [0.2, 0.25) is 0 Å². The van der Waals surface area contributed by atoms with E-state index in [0.29, 0.717) is 6.04 Å². The van der Waals surface area contributed by atoms with E-state index in [9.17, 15) is 0 Å². The molecule has 0 amide bonds. The van der Waals surface area contributed by atoms with Crippen molar-refractivity contribution in [1.82, 2.24) is 0 Å². The first-order valence-electron chi connectivity index (χ1n) is 5.20. The summed E-state index contributed by atoms with van der Waals surface area (Å²) in [4.78, 5) is 0. The third kappa shape index (κ3) is 3.81. The molecule has 0 aliphatic heterocycles. The van der Waals surface area contributed by atoms with Gasteiger partial charge in [-0.2, -0.15) is 11.8 Å². The minimum absolute atomic E-state index is 0.445. The van der Waals surface area contributed by atoms with Crippen molar-refractivity contribution in [2.75, 3.05) is 5.75 Å². The Morgan fingerprint density at radius 2 is 2.08 bits per heavy atom. The lowest BCUT2D eigenvalue weighted by atomic mass is 10.2. The van der Waals surface area contributed by atoms with E-state index >= 15 is 0 Å². The Kier molecular flexibility index (Phi) is 5.08. The summed E-state index contributed by atoms with van der Waals surface area (Å²) >= 11 is 2.11. The van der Waals surface area contributed by atoms with Crippen LogP contribution in [-0.4, -0.2) is 17.0 Å². The summed E-state index contributed by atoms with van der Waals surface area (Å²) in [5.41, 5.74) is 5.94. The maximum Gasteiger partial charge on any atom is 0.0130 e. The normalized spacial score (nSPS) is 21.5. The summed E-state index contributed by atoms with van der Waals surface area (Å²) in [6.45, 7) is 2.21. The van der Waals surface area contributed by atoms with E-state index in [1.165, 1.54) is 44.3 Å². The molecule has 1 aliphatic carbocycles. The molecule has 1 atom stereocenters. The van der Waals surface area contributed by atoms with Crippen LogP contribution in [0.5, 0.6) is 0 Å². The van der Waals surface area contributed by atoms with Crippen molar-refractivity contribution in [2.24, 2.45) is 5.73 Å². The minimum atomic E-state index is 0.445. The van der Waals surface area contributed by atoms with Crippen molar-refractivity contribution in [3.8, 4) is 0 Å². The zero-order chi connectivity index (χ0) is 8.81. The van der Waals surface area contributed by atoms with Gasteiger partial charge in [0.1, 0.15) is 0 Å². The summed E-state index contributed by atoms with van der Waals surface area (Å²) in [6.07, 6.45) is 8.18. The second-order valence-electron chi connectivity index (χ2n) is 3.79. The molecule has 2 N–H and O–H groups in total. The average molecular weight is 187 g/mol. The van der Waals surface area contributed by atoms with Gasteiger partial charge in [-0.25, -0.2) is 0 Å². The molecule has 0 aromatic heterocycles. The van der Waals surface area contributed by atoms with Gasteiger partial charge in [-0.15, -0.1) is 0 Å². The lowest BCUT2D eigenvalue weighted by molar-refractivity contribution is 0.659. The van der Waals surface area contributed by atoms with E-state index in [2.05, 4.69) is 18.7 Å². The molecule has 1 nitrogen and oxygen atoms in total. The topological polar surface area (TPSA) is 26.0 Å². The van der Waals surface area contributed by atoms with E-state index in [0.717, 1.165) is 5.25 Å². The maximum absolute atomic E-state index is 5.94. The third-order valence-electron chi connectivity index (χ3n) is 2.51. The van der Waals surface area contributed by atoms with Crippen LogP contribution in [0.1, 0.15) is 45.4 Å². The molecule has 2 heteroatoms. The van der Waals surface area contributed by atoms with Crippen LogP contribution in [0, 0.1) is 0 Å². The lowest BCUT2D eigenvalue weighted by Crippen LogP contribution is -2.23. The Morgan fingerprint density at radius 1 is 1.42 bits per heavy atom. The molecule has 0 unspecified atom stereocenters. The van der Waals surface area contributed by atoms with Gasteiger partial charge < -0.3 is 5.73 Å². The minimum Gasteiger partial charge on any atom is -0.327 e. The zero-order valence-corrected chi connectivity index (χ0v) is 8.91.